The van der Waals surface area contributed by atoms with Crippen molar-refractivity contribution in [1.82, 2.24) is 10.7 Å². The predicted molar refractivity (Wildman–Crippen MR) is 70.1 cm³/mol. The summed E-state index contributed by atoms with van der Waals surface area (Å²) in [5.74, 6) is 0.420. The van der Waals surface area contributed by atoms with E-state index < -0.39 is 0 Å². The highest BCUT2D eigenvalue weighted by Gasteiger charge is 2.15. The molecular formula is C11H19N3O2S. The number of nitrogens with one attached hydrogen (secondary N) is 2. The van der Waals surface area contributed by atoms with E-state index in [9.17, 15) is 0 Å². The smallest absolute Gasteiger partial charge is 0.187 e. The maximum atomic E-state index is 5.48. The molecule has 2 heterocycles. The summed E-state index contributed by atoms with van der Waals surface area (Å²) < 4.78 is 10.7. The minimum atomic E-state index is 0.293. The van der Waals surface area contributed by atoms with Crippen LogP contribution < -0.4 is 10.7 Å². The van der Waals surface area contributed by atoms with Crippen LogP contribution in [0.1, 0.15) is 19.3 Å². The summed E-state index contributed by atoms with van der Waals surface area (Å²) in [6, 6.07) is 0. The highest BCUT2D eigenvalue weighted by atomic mass is 32.1. The summed E-state index contributed by atoms with van der Waals surface area (Å²) in [6.45, 7) is 3.22. The molecular weight excluding hydrogens is 238 g/mol. The lowest BCUT2D eigenvalue weighted by Gasteiger charge is -2.11. The Kier molecular flexibility index (Phi) is 5.15. The van der Waals surface area contributed by atoms with E-state index in [2.05, 4.69) is 15.8 Å². The van der Waals surface area contributed by atoms with Crippen molar-refractivity contribution in [2.75, 3.05) is 26.4 Å². The zero-order chi connectivity index (χ0) is 11.9. The third-order valence-corrected chi connectivity index (χ3v) is 3.17. The van der Waals surface area contributed by atoms with Gasteiger partial charge in [-0.1, -0.05) is 0 Å². The van der Waals surface area contributed by atoms with Crippen LogP contribution in [0.3, 0.4) is 0 Å². The zero-order valence-electron chi connectivity index (χ0n) is 9.85. The molecule has 2 N–H and O–H groups in total. The molecule has 2 atom stereocenters. The van der Waals surface area contributed by atoms with Crippen molar-refractivity contribution in [3.63, 3.8) is 0 Å². The number of hydrogen-bond acceptors (Lipinski definition) is 4. The molecule has 2 fully saturated rings. The fraction of sp³-hybridized carbons (Fsp3) is 0.818. The van der Waals surface area contributed by atoms with Gasteiger partial charge in [-0.2, -0.15) is 5.10 Å². The first-order valence-corrected chi connectivity index (χ1v) is 6.52. The van der Waals surface area contributed by atoms with Crippen LogP contribution in [-0.2, 0) is 9.47 Å². The first-order chi connectivity index (χ1) is 8.34. The molecule has 0 aromatic rings. The zero-order valence-corrected chi connectivity index (χ0v) is 10.7. The average molecular weight is 257 g/mol. The Morgan fingerprint density at radius 2 is 2.35 bits per heavy atom. The van der Waals surface area contributed by atoms with Crippen LogP contribution in [-0.4, -0.2) is 43.8 Å². The van der Waals surface area contributed by atoms with Gasteiger partial charge in [0.25, 0.3) is 0 Å². The Hall–Kier alpha value is -0.720. The largest absolute Gasteiger partial charge is 0.381 e. The van der Waals surface area contributed by atoms with Crippen LogP contribution in [0.5, 0.6) is 0 Å². The van der Waals surface area contributed by atoms with Gasteiger partial charge in [-0.3, -0.25) is 5.43 Å². The highest BCUT2D eigenvalue weighted by Crippen LogP contribution is 2.10. The Bertz CT molecular complexity index is 274. The molecule has 2 aliphatic rings. The first-order valence-electron chi connectivity index (χ1n) is 6.11. The summed E-state index contributed by atoms with van der Waals surface area (Å²) in [6.07, 6.45) is 5.46. The summed E-state index contributed by atoms with van der Waals surface area (Å²) in [5, 5.41) is 7.75. The van der Waals surface area contributed by atoms with Crippen molar-refractivity contribution in [3.8, 4) is 0 Å². The monoisotopic (exact) mass is 257 g/mol. The minimum absolute atomic E-state index is 0.293. The van der Waals surface area contributed by atoms with Gasteiger partial charge in [-0.25, -0.2) is 0 Å². The quantitative estimate of drug-likeness (QED) is 0.440. The van der Waals surface area contributed by atoms with E-state index in [1.165, 1.54) is 0 Å². The van der Waals surface area contributed by atoms with E-state index in [1.54, 1.807) is 0 Å². The van der Waals surface area contributed by atoms with Crippen molar-refractivity contribution in [2.24, 2.45) is 11.0 Å². The SMILES string of the molecule is S=C(NC[C@H]1CCCO1)NN=C[C@H]1CCOC1. The first kappa shape index (κ1) is 12.7. The number of hydrazone groups is 1. The maximum Gasteiger partial charge on any atom is 0.187 e. The second-order valence-electron chi connectivity index (χ2n) is 4.36. The Morgan fingerprint density at radius 1 is 1.41 bits per heavy atom. The van der Waals surface area contributed by atoms with Gasteiger partial charge in [0.1, 0.15) is 0 Å². The molecule has 0 radical (unpaired) electrons. The van der Waals surface area contributed by atoms with Crippen molar-refractivity contribution in [2.45, 2.75) is 25.4 Å². The van der Waals surface area contributed by atoms with E-state index in [1.807, 2.05) is 6.21 Å². The van der Waals surface area contributed by atoms with Gasteiger partial charge >= 0.3 is 0 Å². The molecule has 0 saturated carbocycles. The van der Waals surface area contributed by atoms with Gasteiger partial charge in [-0.15, -0.1) is 0 Å². The number of ether oxygens (including phenoxy) is 2. The standard InChI is InChI=1S/C11H19N3O2S/c17-11(12-7-10-2-1-4-16-10)14-13-6-9-3-5-15-8-9/h6,9-10H,1-5,7-8H2,(H2,12,14,17)/t9-,10-/m1/s1. The molecule has 2 aliphatic heterocycles. The van der Waals surface area contributed by atoms with Crippen LogP contribution in [0.25, 0.3) is 0 Å². The van der Waals surface area contributed by atoms with Crippen LogP contribution in [0.2, 0.25) is 0 Å². The molecule has 96 valence electrons. The fourth-order valence-electron chi connectivity index (χ4n) is 1.92. The molecule has 0 aromatic carbocycles. The molecule has 0 bridgehead atoms. The van der Waals surface area contributed by atoms with Crippen molar-refractivity contribution in [3.05, 3.63) is 0 Å². The molecule has 0 unspecified atom stereocenters. The number of rotatable bonds is 4. The summed E-state index contributed by atoms with van der Waals surface area (Å²) in [5.41, 5.74) is 2.81. The number of hydrogen-bond donors (Lipinski definition) is 2. The average Bonchev–Trinajstić information content (AvgIpc) is 2.99. The predicted octanol–water partition coefficient (Wildman–Crippen LogP) is 0.652. The van der Waals surface area contributed by atoms with Crippen molar-refractivity contribution < 1.29 is 9.47 Å². The molecule has 0 spiro atoms. The summed E-state index contributed by atoms with van der Waals surface area (Å²) >= 11 is 5.11. The molecule has 17 heavy (non-hydrogen) atoms. The summed E-state index contributed by atoms with van der Waals surface area (Å²) in [7, 11) is 0. The number of thiocarbonyl (C=S) groups is 1. The molecule has 5 nitrogen and oxygen atoms in total. The normalized spacial score (nSPS) is 28.7. The Labute approximate surface area is 107 Å². The molecule has 0 aliphatic carbocycles. The molecule has 0 amide bonds. The minimum Gasteiger partial charge on any atom is -0.381 e. The fourth-order valence-corrected chi connectivity index (χ4v) is 2.06. The molecule has 6 heteroatoms. The van der Waals surface area contributed by atoms with Gasteiger partial charge in [0.15, 0.2) is 5.11 Å². The lowest BCUT2D eigenvalue weighted by Crippen LogP contribution is -2.37. The second kappa shape index (κ2) is 6.88. The van der Waals surface area contributed by atoms with Gasteiger partial charge < -0.3 is 14.8 Å². The summed E-state index contributed by atoms with van der Waals surface area (Å²) in [4.78, 5) is 0. The topological polar surface area (TPSA) is 54.9 Å². The third kappa shape index (κ3) is 4.57. The molecule has 0 aromatic heterocycles. The van der Waals surface area contributed by atoms with E-state index in [0.29, 0.717) is 17.1 Å². The van der Waals surface area contributed by atoms with Crippen LogP contribution in [0.4, 0.5) is 0 Å². The van der Waals surface area contributed by atoms with Gasteiger partial charge in [0.05, 0.1) is 12.7 Å². The second-order valence-corrected chi connectivity index (χ2v) is 4.77. The lowest BCUT2D eigenvalue weighted by molar-refractivity contribution is 0.114. The van der Waals surface area contributed by atoms with Gasteiger partial charge in [-0.05, 0) is 31.5 Å². The highest BCUT2D eigenvalue weighted by molar-refractivity contribution is 7.80. The Morgan fingerprint density at radius 3 is 3.06 bits per heavy atom. The van der Waals surface area contributed by atoms with E-state index in [4.69, 9.17) is 21.7 Å². The Balaban J connectivity index is 1.56. The van der Waals surface area contributed by atoms with Crippen molar-refractivity contribution >= 4 is 23.5 Å². The van der Waals surface area contributed by atoms with Crippen LogP contribution >= 0.6 is 12.2 Å². The lowest BCUT2D eigenvalue weighted by atomic mass is 10.1. The molecule has 2 rings (SSSR count). The van der Waals surface area contributed by atoms with Crippen molar-refractivity contribution in [1.29, 1.82) is 0 Å². The van der Waals surface area contributed by atoms with E-state index in [0.717, 1.165) is 45.6 Å². The van der Waals surface area contributed by atoms with Crippen LogP contribution in [0, 0.1) is 5.92 Å². The third-order valence-electron chi connectivity index (χ3n) is 2.93. The van der Waals surface area contributed by atoms with Gasteiger partial charge in [0.2, 0.25) is 0 Å². The molecule has 2 saturated heterocycles. The maximum absolute atomic E-state index is 5.48. The number of nitrogens with zero attached hydrogens (tertiary/aromatic N) is 1. The van der Waals surface area contributed by atoms with Crippen LogP contribution in [0.15, 0.2) is 5.10 Å². The van der Waals surface area contributed by atoms with Gasteiger partial charge in [0, 0.05) is 31.9 Å². The van der Waals surface area contributed by atoms with E-state index in [-0.39, 0.29) is 0 Å². The van der Waals surface area contributed by atoms with E-state index >= 15 is 0 Å².